The molecule has 6 aromatic carbocycles. The Hall–Kier alpha value is -5.87. The van der Waals surface area contributed by atoms with E-state index in [4.69, 9.17) is 35.8 Å². The fourth-order valence-corrected chi connectivity index (χ4v) is 5.78. The van der Waals surface area contributed by atoms with E-state index in [-0.39, 0.29) is 63.0 Å². The van der Waals surface area contributed by atoms with Crippen molar-refractivity contribution in [3.63, 3.8) is 0 Å². The molecule has 4 heteroatoms. The predicted molar refractivity (Wildman–Crippen MR) is 188 cm³/mol. The third-order valence-electron chi connectivity index (χ3n) is 8.04. The van der Waals surface area contributed by atoms with Gasteiger partial charge in [-0.1, -0.05) is 122 Å². The first-order chi connectivity index (χ1) is 27.6. The van der Waals surface area contributed by atoms with Crippen LogP contribution in [0.15, 0.2) is 138 Å². The number of rotatable bonds is 4. The van der Waals surface area contributed by atoms with E-state index in [2.05, 4.69) is 0 Å². The van der Waals surface area contributed by atoms with Gasteiger partial charge < -0.3 is 4.42 Å². The molecule has 2 heterocycles. The normalized spacial score (nSPS) is 21.5. The van der Waals surface area contributed by atoms with Crippen LogP contribution in [0.4, 0.5) is 0 Å². The van der Waals surface area contributed by atoms with E-state index >= 15 is 0 Å². The van der Waals surface area contributed by atoms with E-state index in [9.17, 15) is 0 Å². The van der Waals surface area contributed by atoms with Crippen LogP contribution in [0, 0.1) is 5.89 Å². The molecule has 218 valence electrons. The number of furan rings is 1. The van der Waals surface area contributed by atoms with E-state index in [0.717, 1.165) is 10.8 Å². The molecular weight excluding hydrogens is 562 g/mol. The van der Waals surface area contributed by atoms with E-state index in [1.54, 1.807) is 30.3 Å². The SMILES string of the molecule is [2H]C1=C([2H])C([2H])(C)C([2H])c2oc3c([2H])c([2H])c([2H])c(-c4nc(-c5ccc6ccccc6c5)nc(-c5ccc6cc(-c7c([2H])c([2H])c([2H])c([2H])c7[2H])ccc6c5)n4)c3c21. The van der Waals surface area contributed by atoms with Gasteiger partial charge in [-0.2, -0.15) is 0 Å². The highest BCUT2D eigenvalue weighted by molar-refractivity contribution is 6.00. The standard InChI is InChI=1S/C42H29N3O/c1-26-14-21-35-38(22-26)46-37-13-7-12-36(39(35)37)42-44-40(33-19-15-28-10-5-6-11-29(28)24-33)43-41(45-42)34-20-18-31-23-30(16-17-32(31)25-34)27-8-3-2-4-9-27/h2-21,23-26H,22H2,1H3/i2D,3D,4D,7D,8D,9D,12D,13D,14D,21D,22D,26D. The summed E-state index contributed by atoms with van der Waals surface area (Å²) in [6.45, 7) is 1.35. The minimum atomic E-state index is -1.83. The van der Waals surface area contributed by atoms with Crippen molar-refractivity contribution in [2.45, 2.75) is 13.3 Å². The second-order valence-corrected chi connectivity index (χ2v) is 11.0. The van der Waals surface area contributed by atoms with Gasteiger partial charge in [0, 0.05) is 36.8 Å². The predicted octanol–water partition coefficient (Wildman–Crippen LogP) is 10.8. The molecule has 0 aliphatic heterocycles. The van der Waals surface area contributed by atoms with Crippen molar-refractivity contribution in [2.24, 2.45) is 5.89 Å². The van der Waals surface area contributed by atoms with Crippen molar-refractivity contribution in [3.05, 3.63) is 145 Å². The van der Waals surface area contributed by atoms with Gasteiger partial charge >= 0.3 is 0 Å². The fraction of sp³-hybridized carbons (Fsp3) is 0.0714. The number of nitrogens with zero attached hydrogens (tertiary/aromatic N) is 3. The second-order valence-electron chi connectivity index (χ2n) is 11.0. The summed E-state index contributed by atoms with van der Waals surface area (Å²) in [5, 5.41) is 3.35. The van der Waals surface area contributed by atoms with Gasteiger partial charge in [0.05, 0.1) is 13.7 Å². The minimum absolute atomic E-state index is 0.0171. The van der Waals surface area contributed by atoms with Gasteiger partial charge in [-0.05, 0) is 62.8 Å². The smallest absolute Gasteiger partial charge is 0.164 e. The Balaban J connectivity index is 1.29. The van der Waals surface area contributed by atoms with Gasteiger partial charge in [0.2, 0.25) is 0 Å². The van der Waals surface area contributed by atoms with E-state index in [1.807, 2.05) is 48.5 Å². The van der Waals surface area contributed by atoms with E-state index < -0.39 is 60.6 Å². The van der Waals surface area contributed by atoms with Gasteiger partial charge in [-0.25, -0.2) is 15.0 Å². The highest BCUT2D eigenvalue weighted by Crippen LogP contribution is 2.39. The first-order valence-electron chi connectivity index (χ1n) is 20.7. The molecule has 2 aromatic heterocycles. The topological polar surface area (TPSA) is 51.8 Å². The molecule has 0 saturated carbocycles. The van der Waals surface area contributed by atoms with Crippen molar-refractivity contribution < 1.29 is 20.9 Å². The van der Waals surface area contributed by atoms with E-state index in [1.165, 1.54) is 6.92 Å². The average Bonchev–Trinajstić information content (AvgIpc) is 3.63. The third kappa shape index (κ3) is 4.58. The Bertz CT molecular complexity index is 3110. The van der Waals surface area contributed by atoms with Gasteiger partial charge in [-0.15, -0.1) is 0 Å². The molecule has 0 amide bonds. The maximum Gasteiger partial charge on any atom is 0.164 e. The summed E-state index contributed by atoms with van der Waals surface area (Å²) in [4.78, 5) is 14.6. The van der Waals surface area contributed by atoms with Crippen LogP contribution in [-0.2, 0) is 6.40 Å². The fourth-order valence-electron chi connectivity index (χ4n) is 5.78. The molecule has 9 rings (SSSR count). The molecule has 0 spiro atoms. The zero-order chi connectivity index (χ0) is 41.1. The number of fused-ring (bicyclic) bond motifs is 5. The first kappa shape index (κ1) is 17.0. The lowest BCUT2D eigenvalue weighted by Gasteiger charge is -2.12. The number of allylic oxidation sites excluding steroid dienone is 1. The molecule has 46 heavy (non-hydrogen) atoms. The number of benzene rings is 6. The van der Waals surface area contributed by atoms with Crippen molar-refractivity contribution >= 4 is 38.6 Å². The van der Waals surface area contributed by atoms with Crippen LogP contribution in [0.3, 0.4) is 0 Å². The maximum absolute atomic E-state index is 9.16. The summed E-state index contributed by atoms with van der Waals surface area (Å²) in [5.74, 6) is -1.63. The molecule has 4 nitrogen and oxygen atoms in total. The molecule has 0 bridgehead atoms. The van der Waals surface area contributed by atoms with Crippen molar-refractivity contribution in [1.29, 1.82) is 0 Å². The van der Waals surface area contributed by atoms with Crippen LogP contribution >= 0.6 is 0 Å². The lowest BCUT2D eigenvalue weighted by atomic mass is 9.93. The summed E-state index contributed by atoms with van der Waals surface area (Å²) in [6, 6.07) is 19.8. The zero-order valence-corrected chi connectivity index (χ0v) is 24.3. The van der Waals surface area contributed by atoms with Crippen molar-refractivity contribution in [2.75, 3.05) is 0 Å². The van der Waals surface area contributed by atoms with Gasteiger partial charge in [0.1, 0.15) is 11.3 Å². The molecule has 1 aliphatic rings. The second kappa shape index (κ2) is 10.6. The van der Waals surface area contributed by atoms with Gasteiger partial charge in [0.25, 0.3) is 0 Å². The minimum Gasteiger partial charge on any atom is -0.460 e. The van der Waals surface area contributed by atoms with Crippen molar-refractivity contribution in [3.8, 4) is 45.3 Å². The Morgan fingerprint density at radius 2 is 1.30 bits per heavy atom. The van der Waals surface area contributed by atoms with Crippen molar-refractivity contribution in [1.82, 2.24) is 15.0 Å². The number of hydrogen-bond acceptors (Lipinski definition) is 4. The highest BCUT2D eigenvalue weighted by atomic mass is 16.3. The molecule has 0 N–H and O–H groups in total. The monoisotopic (exact) mass is 603 g/mol. The molecular formula is C42H29N3O. The van der Waals surface area contributed by atoms with Crippen LogP contribution in [0.25, 0.3) is 83.9 Å². The zero-order valence-electron chi connectivity index (χ0n) is 36.3. The van der Waals surface area contributed by atoms with Crippen LogP contribution in [0.5, 0.6) is 0 Å². The maximum atomic E-state index is 9.16. The van der Waals surface area contributed by atoms with Gasteiger partial charge in [0.15, 0.2) is 17.5 Å². The van der Waals surface area contributed by atoms with Crippen LogP contribution < -0.4 is 0 Å². The van der Waals surface area contributed by atoms with Crippen LogP contribution in [-0.4, -0.2) is 15.0 Å². The quantitative estimate of drug-likeness (QED) is 0.201. The van der Waals surface area contributed by atoms with Crippen LogP contribution in [0.2, 0.25) is 0 Å². The Morgan fingerprint density at radius 1 is 0.674 bits per heavy atom. The molecule has 1 aliphatic carbocycles. The lowest BCUT2D eigenvalue weighted by Crippen LogP contribution is -2.02. The Kier molecular flexibility index (Phi) is 3.93. The summed E-state index contributed by atoms with van der Waals surface area (Å²) in [7, 11) is 0. The van der Waals surface area contributed by atoms with Crippen LogP contribution in [0.1, 0.15) is 34.7 Å². The Morgan fingerprint density at radius 3 is 2.07 bits per heavy atom. The number of hydrogen-bond donors (Lipinski definition) is 0. The van der Waals surface area contributed by atoms with E-state index in [0.29, 0.717) is 27.5 Å². The average molecular weight is 604 g/mol. The Labute approximate surface area is 283 Å². The molecule has 0 fully saturated rings. The molecule has 0 radical (unpaired) electrons. The number of aromatic nitrogens is 3. The summed E-state index contributed by atoms with van der Waals surface area (Å²) < 4.78 is 109. The largest absolute Gasteiger partial charge is 0.460 e. The molecule has 0 saturated heterocycles. The van der Waals surface area contributed by atoms with Gasteiger partial charge in [-0.3, -0.25) is 0 Å². The molecule has 2 atom stereocenters. The summed E-state index contributed by atoms with van der Waals surface area (Å²) in [6.07, 6.45) is -1.44. The highest BCUT2D eigenvalue weighted by Gasteiger charge is 2.22. The summed E-state index contributed by atoms with van der Waals surface area (Å²) in [5.41, 5.74) is 1.42. The first-order valence-corrected chi connectivity index (χ1v) is 14.6. The lowest BCUT2D eigenvalue weighted by molar-refractivity contribution is 0.513. The summed E-state index contributed by atoms with van der Waals surface area (Å²) >= 11 is 0. The molecule has 8 aromatic rings. The third-order valence-corrected chi connectivity index (χ3v) is 8.04. The molecule has 2 unspecified atom stereocenters.